The van der Waals surface area contributed by atoms with Gasteiger partial charge in [0.05, 0.1) is 6.10 Å². The molecule has 0 saturated heterocycles. The van der Waals surface area contributed by atoms with Gasteiger partial charge in [0.15, 0.2) is 0 Å². The summed E-state index contributed by atoms with van der Waals surface area (Å²) in [5.41, 5.74) is 6.04. The molecule has 2 saturated carbocycles. The number of rotatable bonds is 3. The molecule has 0 amide bonds. The van der Waals surface area contributed by atoms with Gasteiger partial charge < -0.3 is 10.8 Å². The Hall–Kier alpha value is -0.0800. The molecule has 0 aromatic rings. The molecular weight excluding hydrogens is 186 g/mol. The third-order valence-electron chi connectivity index (χ3n) is 4.73. The highest BCUT2D eigenvalue weighted by atomic mass is 16.3. The van der Waals surface area contributed by atoms with Crippen LogP contribution >= 0.6 is 0 Å². The zero-order valence-corrected chi connectivity index (χ0v) is 9.75. The predicted octanol–water partition coefficient (Wildman–Crippen LogP) is 2.45. The van der Waals surface area contributed by atoms with E-state index in [1.165, 1.54) is 44.9 Å². The molecule has 0 aromatic heterocycles. The van der Waals surface area contributed by atoms with E-state index >= 15 is 0 Å². The first-order valence-corrected chi connectivity index (χ1v) is 6.67. The summed E-state index contributed by atoms with van der Waals surface area (Å²) in [7, 11) is 0. The SMILES string of the molecule is NCC1(C(O)C2CCC2)CCCCCC1. The summed E-state index contributed by atoms with van der Waals surface area (Å²) in [4.78, 5) is 0. The van der Waals surface area contributed by atoms with Crippen LogP contribution < -0.4 is 5.73 Å². The Balaban J connectivity index is 2.03. The van der Waals surface area contributed by atoms with Crippen molar-refractivity contribution < 1.29 is 5.11 Å². The molecule has 88 valence electrons. The van der Waals surface area contributed by atoms with Gasteiger partial charge in [0, 0.05) is 12.0 Å². The standard InChI is InChI=1S/C13H25NO/c14-10-13(8-3-1-2-4-9-13)12(15)11-6-5-7-11/h11-12,15H,1-10,14H2. The van der Waals surface area contributed by atoms with Crippen LogP contribution in [0.4, 0.5) is 0 Å². The second kappa shape index (κ2) is 4.84. The largest absolute Gasteiger partial charge is 0.392 e. The van der Waals surface area contributed by atoms with E-state index in [-0.39, 0.29) is 11.5 Å². The summed E-state index contributed by atoms with van der Waals surface area (Å²) in [5, 5.41) is 10.5. The van der Waals surface area contributed by atoms with Crippen LogP contribution in [0.5, 0.6) is 0 Å². The third-order valence-corrected chi connectivity index (χ3v) is 4.73. The van der Waals surface area contributed by atoms with Crippen molar-refractivity contribution in [3.05, 3.63) is 0 Å². The molecule has 2 rings (SSSR count). The molecule has 1 unspecified atom stereocenters. The molecule has 2 aliphatic carbocycles. The predicted molar refractivity (Wildman–Crippen MR) is 62.5 cm³/mol. The highest BCUT2D eigenvalue weighted by Crippen LogP contribution is 2.44. The normalized spacial score (nSPS) is 29.2. The van der Waals surface area contributed by atoms with Gasteiger partial charge in [-0.05, 0) is 31.6 Å². The summed E-state index contributed by atoms with van der Waals surface area (Å²) in [5.74, 6) is 0.562. The first-order chi connectivity index (χ1) is 7.28. The Morgan fingerprint density at radius 3 is 2.07 bits per heavy atom. The quantitative estimate of drug-likeness (QED) is 0.704. The molecule has 1 atom stereocenters. The van der Waals surface area contributed by atoms with Crippen LogP contribution in [0.1, 0.15) is 57.8 Å². The fraction of sp³-hybridized carbons (Fsp3) is 1.00. The lowest BCUT2D eigenvalue weighted by Crippen LogP contribution is -2.47. The average molecular weight is 211 g/mol. The lowest BCUT2D eigenvalue weighted by atomic mass is 9.66. The van der Waals surface area contributed by atoms with E-state index in [2.05, 4.69) is 0 Å². The lowest BCUT2D eigenvalue weighted by Gasteiger charge is -2.43. The van der Waals surface area contributed by atoms with Crippen molar-refractivity contribution in [1.82, 2.24) is 0 Å². The molecule has 2 heteroatoms. The molecule has 0 aromatic carbocycles. The summed E-state index contributed by atoms with van der Waals surface area (Å²) in [6, 6.07) is 0. The third kappa shape index (κ3) is 2.21. The minimum absolute atomic E-state index is 0.0710. The van der Waals surface area contributed by atoms with Crippen LogP contribution in [0.2, 0.25) is 0 Å². The van der Waals surface area contributed by atoms with Crippen molar-refractivity contribution in [2.24, 2.45) is 17.1 Å². The smallest absolute Gasteiger partial charge is 0.0636 e. The maximum absolute atomic E-state index is 10.5. The maximum atomic E-state index is 10.5. The van der Waals surface area contributed by atoms with Gasteiger partial charge in [-0.2, -0.15) is 0 Å². The number of hydrogen-bond acceptors (Lipinski definition) is 2. The number of hydrogen-bond donors (Lipinski definition) is 2. The number of nitrogens with two attached hydrogens (primary N) is 1. The van der Waals surface area contributed by atoms with Crippen LogP contribution in [-0.2, 0) is 0 Å². The zero-order valence-electron chi connectivity index (χ0n) is 9.75. The summed E-state index contributed by atoms with van der Waals surface area (Å²) < 4.78 is 0. The molecule has 0 bridgehead atoms. The van der Waals surface area contributed by atoms with Crippen molar-refractivity contribution in [2.75, 3.05) is 6.54 Å². The van der Waals surface area contributed by atoms with Crippen LogP contribution in [-0.4, -0.2) is 17.8 Å². The second-order valence-electron chi connectivity index (χ2n) is 5.62. The van der Waals surface area contributed by atoms with Gasteiger partial charge in [0.25, 0.3) is 0 Å². The highest BCUT2D eigenvalue weighted by molar-refractivity contribution is 4.94. The van der Waals surface area contributed by atoms with Gasteiger partial charge in [-0.15, -0.1) is 0 Å². The van der Waals surface area contributed by atoms with E-state index < -0.39 is 0 Å². The van der Waals surface area contributed by atoms with E-state index in [1.807, 2.05) is 0 Å². The van der Waals surface area contributed by atoms with Crippen molar-refractivity contribution in [1.29, 1.82) is 0 Å². The molecule has 0 heterocycles. The first-order valence-electron chi connectivity index (χ1n) is 6.67. The molecule has 2 fully saturated rings. The maximum Gasteiger partial charge on any atom is 0.0636 e. The Labute approximate surface area is 93.2 Å². The monoisotopic (exact) mass is 211 g/mol. The molecule has 3 N–H and O–H groups in total. The minimum atomic E-state index is -0.116. The number of aliphatic hydroxyl groups is 1. The molecule has 2 aliphatic rings. The fourth-order valence-electron chi connectivity index (χ4n) is 3.31. The van der Waals surface area contributed by atoms with Crippen molar-refractivity contribution >= 4 is 0 Å². The van der Waals surface area contributed by atoms with Crippen LogP contribution in [0.3, 0.4) is 0 Å². The highest BCUT2D eigenvalue weighted by Gasteiger charge is 2.42. The Morgan fingerprint density at radius 2 is 1.67 bits per heavy atom. The molecule has 0 spiro atoms. The molecule has 2 nitrogen and oxygen atoms in total. The van der Waals surface area contributed by atoms with Gasteiger partial charge in [-0.25, -0.2) is 0 Å². The number of aliphatic hydroxyl groups excluding tert-OH is 1. The lowest BCUT2D eigenvalue weighted by molar-refractivity contribution is -0.0488. The van der Waals surface area contributed by atoms with E-state index in [0.717, 1.165) is 12.8 Å². The zero-order chi connectivity index (χ0) is 10.7. The Morgan fingerprint density at radius 1 is 1.07 bits per heavy atom. The Bertz CT molecular complexity index is 193. The fourth-order valence-corrected chi connectivity index (χ4v) is 3.31. The van der Waals surface area contributed by atoms with Crippen molar-refractivity contribution in [2.45, 2.75) is 63.9 Å². The van der Waals surface area contributed by atoms with Gasteiger partial charge in [0.1, 0.15) is 0 Å². The average Bonchev–Trinajstić information content (AvgIpc) is 2.40. The van der Waals surface area contributed by atoms with E-state index in [4.69, 9.17) is 5.73 Å². The molecule has 0 radical (unpaired) electrons. The van der Waals surface area contributed by atoms with Gasteiger partial charge in [-0.3, -0.25) is 0 Å². The van der Waals surface area contributed by atoms with Crippen LogP contribution in [0.25, 0.3) is 0 Å². The molecular formula is C13H25NO. The summed E-state index contributed by atoms with van der Waals surface area (Å²) in [6.07, 6.45) is 11.1. The van der Waals surface area contributed by atoms with Crippen LogP contribution in [0, 0.1) is 11.3 Å². The molecule has 15 heavy (non-hydrogen) atoms. The first kappa shape index (κ1) is 11.4. The summed E-state index contributed by atoms with van der Waals surface area (Å²) in [6.45, 7) is 0.685. The van der Waals surface area contributed by atoms with Crippen molar-refractivity contribution in [3.63, 3.8) is 0 Å². The van der Waals surface area contributed by atoms with E-state index in [0.29, 0.717) is 12.5 Å². The van der Waals surface area contributed by atoms with Gasteiger partial charge in [-0.1, -0.05) is 32.1 Å². The second-order valence-corrected chi connectivity index (χ2v) is 5.62. The van der Waals surface area contributed by atoms with Crippen molar-refractivity contribution in [3.8, 4) is 0 Å². The minimum Gasteiger partial charge on any atom is -0.392 e. The summed E-state index contributed by atoms with van der Waals surface area (Å²) >= 11 is 0. The van der Waals surface area contributed by atoms with E-state index in [9.17, 15) is 5.11 Å². The molecule has 0 aliphatic heterocycles. The topological polar surface area (TPSA) is 46.2 Å². The van der Waals surface area contributed by atoms with Crippen LogP contribution in [0.15, 0.2) is 0 Å². The van der Waals surface area contributed by atoms with Gasteiger partial charge >= 0.3 is 0 Å². The Kier molecular flexibility index (Phi) is 3.68. The van der Waals surface area contributed by atoms with E-state index in [1.54, 1.807) is 0 Å². The van der Waals surface area contributed by atoms with Gasteiger partial charge in [0.2, 0.25) is 0 Å².